The van der Waals surface area contributed by atoms with Gasteiger partial charge in [-0.3, -0.25) is 14.9 Å². The van der Waals surface area contributed by atoms with Gasteiger partial charge >= 0.3 is 5.69 Å². The molecule has 2 rings (SSSR count). The minimum absolute atomic E-state index is 0.122. The zero-order valence-electron chi connectivity index (χ0n) is 13.9. The highest BCUT2D eigenvalue weighted by molar-refractivity contribution is 6.05. The van der Waals surface area contributed by atoms with Crippen LogP contribution in [0.2, 0.25) is 0 Å². The van der Waals surface area contributed by atoms with E-state index in [-0.39, 0.29) is 17.0 Å². The number of amides is 1. The van der Waals surface area contributed by atoms with Crippen LogP contribution in [0.3, 0.4) is 0 Å². The molecule has 0 radical (unpaired) electrons. The van der Waals surface area contributed by atoms with Crippen LogP contribution in [0.25, 0.3) is 0 Å². The lowest BCUT2D eigenvalue weighted by Gasteiger charge is -2.15. The van der Waals surface area contributed by atoms with E-state index >= 15 is 0 Å². The van der Waals surface area contributed by atoms with E-state index in [0.717, 1.165) is 17.7 Å². The lowest BCUT2D eigenvalue weighted by molar-refractivity contribution is -0.385. The number of anilines is 1. The van der Waals surface area contributed by atoms with E-state index in [1.165, 1.54) is 25.3 Å². The molecular weight excluding hydrogens is 308 g/mol. The van der Waals surface area contributed by atoms with E-state index in [1.54, 1.807) is 0 Å². The van der Waals surface area contributed by atoms with Gasteiger partial charge in [0, 0.05) is 17.3 Å². The first-order chi connectivity index (χ1) is 11.5. The quantitative estimate of drug-likeness (QED) is 0.630. The minimum atomic E-state index is -0.567. The van der Waals surface area contributed by atoms with Gasteiger partial charge in [-0.15, -0.1) is 0 Å². The van der Waals surface area contributed by atoms with Gasteiger partial charge in [0.15, 0.2) is 5.75 Å². The van der Waals surface area contributed by atoms with Crippen LogP contribution in [-0.4, -0.2) is 17.9 Å². The Morgan fingerprint density at radius 1 is 1.29 bits per heavy atom. The summed E-state index contributed by atoms with van der Waals surface area (Å²) in [6.07, 6.45) is 0.945. The number of hydrogen-bond acceptors (Lipinski definition) is 4. The first-order valence-electron chi connectivity index (χ1n) is 7.70. The molecule has 6 heteroatoms. The molecule has 2 aromatic carbocycles. The monoisotopic (exact) mass is 328 g/mol. The molecule has 1 N–H and O–H groups in total. The Kier molecular flexibility index (Phi) is 5.52. The van der Waals surface area contributed by atoms with Crippen LogP contribution < -0.4 is 10.1 Å². The van der Waals surface area contributed by atoms with E-state index in [1.807, 2.05) is 24.3 Å². The van der Waals surface area contributed by atoms with Crippen molar-refractivity contribution in [2.75, 3.05) is 12.4 Å². The second-order valence-electron chi connectivity index (χ2n) is 5.49. The molecule has 1 amide bonds. The van der Waals surface area contributed by atoms with Crippen molar-refractivity contribution < 1.29 is 14.5 Å². The molecule has 126 valence electrons. The molecule has 0 fully saturated rings. The number of nitro groups is 1. The maximum Gasteiger partial charge on any atom is 0.311 e. The molecule has 0 aromatic heterocycles. The van der Waals surface area contributed by atoms with Gasteiger partial charge in [-0.25, -0.2) is 0 Å². The lowest BCUT2D eigenvalue weighted by Crippen LogP contribution is -2.14. The summed E-state index contributed by atoms with van der Waals surface area (Å²) in [6.45, 7) is 4.17. The van der Waals surface area contributed by atoms with Crippen molar-refractivity contribution in [3.63, 3.8) is 0 Å². The molecular formula is C18H20N2O4. The number of hydrogen-bond donors (Lipinski definition) is 1. The van der Waals surface area contributed by atoms with E-state index in [4.69, 9.17) is 4.74 Å². The van der Waals surface area contributed by atoms with Crippen LogP contribution in [0.15, 0.2) is 42.5 Å². The third-order valence-electron chi connectivity index (χ3n) is 3.99. The number of para-hydroxylation sites is 1. The molecule has 1 unspecified atom stereocenters. The zero-order chi connectivity index (χ0) is 17.7. The SMILES string of the molecule is CCC(C)c1ccccc1NC(=O)c1ccc(OC)c([N+](=O)[O-])c1. The first kappa shape index (κ1) is 17.5. The van der Waals surface area contributed by atoms with Crippen molar-refractivity contribution in [3.8, 4) is 5.75 Å². The number of ether oxygens (including phenoxy) is 1. The molecule has 0 heterocycles. The summed E-state index contributed by atoms with van der Waals surface area (Å²) in [6, 6.07) is 11.7. The number of carbonyl (C=O) groups is 1. The Balaban J connectivity index is 2.31. The average molecular weight is 328 g/mol. The number of benzene rings is 2. The maximum absolute atomic E-state index is 12.5. The van der Waals surface area contributed by atoms with Crippen molar-refractivity contribution in [3.05, 3.63) is 63.7 Å². The van der Waals surface area contributed by atoms with E-state index < -0.39 is 10.8 Å². The number of rotatable bonds is 6. The van der Waals surface area contributed by atoms with Gasteiger partial charge in [0.1, 0.15) is 0 Å². The summed E-state index contributed by atoms with van der Waals surface area (Å²) in [4.78, 5) is 23.0. The van der Waals surface area contributed by atoms with Crippen molar-refractivity contribution in [1.82, 2.24) is 0 Å². The van der Waals surface area contributed by atoms with Gasteiger partial charge in [0.05, 0.1) is 12.0 Å². The highest BCUT2D eigenvalue weighted by Gasteiger charge is 2.19. The fraction of sp³-hybridized carbons (Fsp3) is 0.278. The van der Waals surface area contributed by atoms with Crippen molar-refractivity contribution in [1.29, 1.82) is 0 Å². The second-order valence-corrected chi connectivity index (χ2v) is 5.49. The predicted molar refractivity (Wildman–Crippen MR) is 92.7 cm³/mol. The fourth-order valence-electron chi connectivity index (χ4n) is 2.43. The van der Waals surface area contributed by atoms with Crippen LogP contribution >= 0.6 is 0 Å². The fourth-order valence-corrected chi connectivity index (χ4v) is 2.43. The Morgan fingerprint density at radius 2 is 2.00 bits per heavy atom. The third-order valence-corrected chi connectivity index (χ3v) is 3.99. The molecule has 0 saturated carbocycles. The number of nitrogens with zero attached hydrogens (tertiary/aromatic N) is 1. The highest BCUT2D eigenvalue weighted by Crippen LogP contribution is 2.29. The molecule has 0 spiro atoms. The van der Waals surface area contributed by atoms with E-state index in [2.05, 4.69) is 19.2 Å². The number of nitro benzene ring substituents is 1. The number of methoxy groups -OCH3 is 1. The van der Waals surface area contributed by atoms with Gasteiger partial charge in [0.25, 0.3) is 5.91 Å². The van der Waals surface area contributed by atoms with Crippen molar-refractivity contribution >= 4 is 17.3 Å². The van der Waals surface area contributed by atoms with Gasteiger partial charge in [-0.05, 0) is 36.1 Å². The average Bonchev–Trinajstić information content (AvgIpc) is 2.60. The van der Waals surface area contributed by atoms with Gasteiger partial charge in [-0.1, -0.05) is 32.0 Å². The topological polar surface area (TPSA) is 81.5 Å². The lowest BCUT2D eigenvalue weighted by atomic mass is 9.97. The second kappa shape index (κ2) is 7.59. The molecule has 0 saturated heterocycles. The molecule has 1 atom stereocenters. The molecule has 0 aliphatic rings. The normalized spacial score (nSPS) is 11.6. The number of carbonyl (C=O) groups excluding carboxylic acids is 1. The minimum Gasteiger partial charge on any atom is -0.490 e. The Bertz CT molecular complexity index is 758. The molecule has 0 aliphatic heterocycles. The van der Waals surface area contributed by atoms with Gasteiger partial charge < -0.3 is 10.1 Å². The number of nitrogens with one attached hydrogen (secondary N) is 1. The first-order valence-corrected chi connectivity index (χ1v) is 7.70. The summed E-state index contributed by atoms with van der Waals surface area (Å²) < 4.78 is 4.95. The summed E-state index contributed by atoms with van der Waals surface area (Å²) >= 11 is 0. The molecule has 2 aromatic rings. The van der Waals surface area contributed by atoms with Crippen LogP contribution in [0, 0.1) is 10.1 Å². The zero-order valence-corrected chi connectivity index (χ0v) is 13.9. The van der Waals surface area contributed by atoms with Crippen LogP contribution in [-0.2, 0) is 0 Å². The molecule has 6 nitrogen and oxygen atoms in total. The van der Waals surface area contributed by atoms with E-state index in [0.29, 0.717) is 5.92 Å². The molecule has 24 heavy (non-hydrogen) atoms. The van der Waals surface area contributed by atoms with Gasteiger partial charge in [-0.2, -0.15) is 0 Å². The summed E-state index contributed by atoms with van der Waals surface area (Å²) in [5.74, 6) is 0.0276. The van der Waals surface area contributed by atoms with Crippen LogP contribution in [0.5, 0.6) is 5.75 Å². The van der Waals surface area contributed by atoms with Gasteiger partial charge in [0.2, 0.25) is 0 Å². The smallest absolute Gasteiger partial charge is 0.311 e. The van der Waals surface area contributed by atoms with Crippen LogP contribution in [0.4, 0.5) is 11.4 Å². The summed E-state index contributed by atoms with van der Waals surface area (Å²) in [7, 11) is 1.35. The van der Waals surface area contributed by atoms with Crippen LogP contribution in [0.1, 0.15) is 42.1 Å². The maximum atomic E-state index is 12.5. The predicted octanol–water partition coefficient (Wildman–Crippen LogP) is 4.37. The standard InChI is InChI=1S/C18H20N2O4/c1-4-12(2)14-7-5-6-8-15(14)19-18(21)13-9-10-17(24-3)16(11-13)20(22)23/h5-12H,4H2,1-3H3,(H,19,21). The largest absolute Gasteiger partial charge is 0.490 e. The van der Waals surface area contributed by atoms with E-state index in [9.17, 15) is 14.9 Å². The molecule has 0 bridgehead atoms. The van der Waals surface area contributed by atoms with Crippen molar-refractivity contribution in [2.45, 2.75) is 26.2 Å². The summed E-state index contributed by atoms with van der Waals surface area (Å²) in [5.41, 5.74) is 1.73. The van der Waals surface area contributed by atoms with Crippen molar-refractivity contribution in [2.24, 2.45) is 0 Å². The Labute approximate surface area is 140 Å². The highest BCUT2D eigenvalue weighted by atomic mass is 16.6. The Morgan fingerprint density at radius 3 is 2.62 bits per heavy atom. The Hall–Kier alpha value is -2.89. The molecule has 0 aliphatic carbocycles. The summed E-state index contributed by atoms with van der Waals surface area (Å²) in [5, 5.41) is 13.9. The third kappa shape index (κ3) is 3.71.